The van der Waals surface area contributed by atoms with Gasteiger partial charge in [-0.25, -0.2) is 0 Å². The first-order chi connectivity index (χ1) is 7.08. The van der Waals surface area contributed by atoms with Gasteiger partial charge in [-0.2, -0.15) is 0 Å². The molecule has 0 saturated carbocycles. The summed E-state index contributed by atoms with van der Waals surface area (Å²) in [6, 6.07) is 3.98. The molecule has 3 nitrogen and oxygen atoms in total. The van der Waals surface area contributed by atoms with Gasteiger partial charge >= 0.3 is 0 Å². The van der Waals surface area contributed by atoms with Crippen molar-refractivity contribution in [3.63, 3.8) is 0 Å². The van der Waals surface area contributed by atoms with E-state index in [1.165, 1.54) is 0 Å². The fourth-order valence-electron chi connectivity index (χ4n) is 1.50. The molecule has 0 saturated heterocycles. The first-order valence-electron chi connectivity index (χ1n) is 4.74. The molecular weight excluding hydrogens is 258 g/mol. The Kier molecular flexibility index (Phi) is 4.42. The number of hydrogen-bond acceptors (Lipinski definition) is 3. The predicted octanol–water partition coefficient (Wildman–Crippen LogP) is 2.36. The van der Waals surface area contributed by atoms with Crippen molar-refractivity contribution < 1.29 is 9.47 Å². The summed E-state index contributed by atoms with van der Waals surface area (Å²) in [5.41, 5.74) is 6.83. The number of methoxy groups -OCH3 is 2. The fraction of sp³-hybridized carbons (Fsp3) is 0.455. The van der Waals surface area contributed by atoms with Crippen LogP contribution in [0.4, 0.5) is 0 Å². The van der Waals surface area contributed by atoms with E-state index in [1.54, 1.807) is 14.2 Å². The monoisotopic (exact) mass is 273 g/mol. The summed E-state index contributed by atoms with van der Waals surface area (Å²) >= 11 is 3.43. The number of benzene rings is 1. The van der Waals surface area contributed by atoms with Crippen molar-refractivity contribution in [1.29, 1.82) is 0 Å². The van der Waals surface area contributed by atoms with Crippen LogP contribution < -0.4 is 15.2 Å². The molecule has 0 aliphatic heterocycles. The molecule has 84 valence electrons. The fourth-order valence-corrected chi connectivity index (χ4v) is 1.99. The second kappa shape index (κ2) is 5.37. The average Bonchev–Trinajstić information content (AvgIpc) is 2.15. The van der Waals surface area contributed by atoms with E-state index < -0.39 is 0 Å². The molecule has 2 N–H and O–H groups in total. The minimum absolute atomic E-state index is 0.0953. The number of rotatable bonds is 4. The maximum absolute atomic E-state index is 5.78. The van der Waals surface area contributed by atoms with Crippen molar-refractivity contribution in [2.45, 2.75) is 19.4 Å². The highest BCUT2D eigenvalue weighted by molar-refractivity contribution is 9.10. The molecule has 0 amide bonds. The minimum Gasteiger partial charge on any atom is -0.493 e. The molecule has 0 heterocycles. The topological polar surface area (TPSA) is 44.5 Å². The molecule has 0 unspecified atom stereocenters. The summed E-state index contributed by atoms with van der Waals surface area (Å²) in [5, 5.41) is 0. The third-order valence-electron chi connectivity index (χ3n) is 2.06. The third-order valence-corrected chi connectivity index (χ3v) is 2.52. The van der Waals surface area contributed by atoms with Gasteiger partial charge in [0.2, 0.25) is 0 Å². The maximum atomic E-state index is 5.78. The van der Waals surface area contributed by atoms with E-state index in [9.17, 15) is 0 Å². The lowest BCUT2D eigenvalue weighted by molar-refractivity contribution is 0.351. The zero-order chi connectivity index (χ0) is 11.4. The summed E-state index contributed by atoms with van der Waals surface area (Å²) in [7, 11) is 3.26. The molecule has 1 rings (SSSR count). The first-order valence-corrected chi connectivity index (χ1v) is 5.53. The minimum atomic E-state index is 0.0953. The van der Waals surface area contributed by atoms with Crippen LogP contribution in [0.1, 0.15) is 12.5 Å². The molecule has 0 aliphatic rings. The largest absolute Gasteiger partial charge is 0.493 e. The van der Waals surface area contributed by atoms with E-state index in [0.717, 1.165) is 28.0 Å². The van der Waals surface area contributed by atoms with E-state index in [2.05, 4.69) is 15.9 Å². The lowest BCUT2D eigenvalue weighted by Crippen LogP contribution is -2.18. The smallest absolute Gasteiger partial charge is 0.164 e. The van der Waals surface area contributed by atoms with Gasteiger partial charge in [0.15, 0.2) is 11.5 Å². The standard InChI is InChI=1S/C11H16BrNO2/c1-7(13)4-8-5-9(12)6-10(14-2)11(8)15-3/h5-7H,4,13H2,1-3H3/t7-/m1/s1. The number of halogens is 1. The van der Waals surface area contributed by atoms with Crippen LogP contribution in [0.5, 0.6) is 11.5 Å². The highest BCUT2D eigenvalue weighted by Crippen LogP contribution is 2.35. The van der Waals surface area contributed by atoms with Gasteiger partial charge in [0, 0.05) is 16.1 Å². The van der Waals surface area contributed by atoms with Crippen LogP contribution in [-0.4, -0.2) is 20.3 Å². The van der Waals surface area contributed by atoms with Gasteiger partial charge in [0.05, 0.1) is 14.2 Å². The van der Waals surface area contributed by atoms with Crippen LogP contribution in [0, 0.1) is 0 Å². The van der Waals surface area contributed by atoms with Crippen molar-refractivity contribution >= 4 is 15.9 Å². The molecule has 1 aromatic carbocycles. The van der Waals surface area contributed by atoms with Crippen LogP contribution in [0.25, 0.3) is 0 Å². The molecule has 0 aliphatic carbocycles. The zero-order valence-electron chi connectivity index (χ0n) is 9.21. The second-order valence-corrected chi connectivity index (χ2v) is 4.40. The lowest BCUT2D eigenvalue weighted by Gasteiger charge is -2.14. The van der Waals surface area contributed by atoms with Crippen LogP contribution in [0.15, 0.2) is 16.6 Å². The highest BCUT2D eigenvalue weighted by Gasteiger charge is 2.12. The Labute approximate surface area is 98.7 Å². The highest BCUT2D eigenvalue weighted by atomic mass is 79.9. The van der Waals surface area contributed by atoms with Crippen LogP contribution >= 0.6 is 15.9 Å². The summed E-state index contributed by atoms with van der Waals surface area (Å²) < 4.78 is 11.5. The molecule has 0 spiro atoms. The van der Waals surface area contributed by atoms with Crippen molar-refractivity contribution in [3.8, 4) is 11.5 Å². The van der Waals surface area contributed by atoms with Crippen molar-refractivity contribution in [3.05, 3.63) is 22.2 Å². The van der Waals surface area contributed by atoms with Gasteiger partial charge in [-0.05, 0) is 25.5 Å². The van der Waals surface area contributed by atoms with Crippen molar-refractivity contribution in [2.24, 2.45) is 5.73 Å². The van der Waals surface area contributed by atoms with E-state index in [0.29, 0.717) is 0 Å². The molecule has 0 bridgehead atoms. The molecular formula is C11H16BrNO2. The van der Waals surface area contributed by atoms with Crippen molar-refractivity contribution in [1.82, 2.24) is 0 Å². The molecule has 1 atom stereocenters. The van der Waals surface area contributed by atoms with Crippen LogP contribution in [-0.2, 0) is 6.42 Å². The van der Waals surface area contributed by atoms with E-state index in [-0.39, 0.29) is 6.04 Å². The van der Waals surface area contributed by atoms with E-state index >= 15 is 0 Å². The molecule has 1 aromatic rings. The van der Waals surface area contributed by atoms with Gasteiger partial charge in [0.1, 0.15) is 0 Å². The van der Waals surface area contributed by atoms with Gasteiger partial charge in [-0.3, -0.25) is 0 Å². The Morgan fingerprint density at radius 3 is 2.47 bits per heavy atom. The molecule has 0 aromatic heterocycles. The van der Waals surface area contributed by atoms with Gasteiger partial charge in [-0.1, -0.05) is 15.9 Å². The third kappa shape index (κ3) is 3.11. The Morgan fingerprint density at radius 1 is 1.33 bits per heavy atom. The number of nitrogens with two attached hydrogens (primary N) is 1. The Bertz CT molecular complexity index is 340. The molecule has 0 fully saturated rings. The SMILES string of the molecule is COc1cc(Br)cc(C[C@@H](C)N)c1OC. The van der Waals surface area contributed by atoms with Gasteiger partial charge in [-0.15, -0.1) is 0 Å². The number of hydrogen-bond donors (Lipinski definition) is 1. The normalized spacial score (nSPS) is 12.3. The Balaban J connectivity index is 3.16. The van der Waals surface area contributed by atoms with Gasteiger partial charge in [0.25, 0.3) is 0 Å². The quantitative estimate of drug-likeness (QED) is 0.916. The predicted molar refractivity (Wildman–Crippen MR) is 64.6 cm³/mol. The second-order valence-electron chi connectivity index (χ2n) is 3.48. The van der Waals surface area contributed by atoms with Crippen LogP contribution in [0.2, 0.25) is 0 Å². The Hall–Kier alpha value is -0.740. The summed E-state index contributed by atoms with van der Waals surface area (Å²) in [4.78, 5) is 0. The summed E-state index contributed by atoms with van der Waals surface area (Å²) in [6.45, 7) is 1.97. The van der Waals surface area contributed by atoms with Crippen LogP contribution in [0.3, 0.4) is 0 Å². The maximum Gasteiger partial charge on any atom is 0.164 e. The first kappa shape index (κ1) is 12.3. The molecule has 0 radical (unpaired) electrons. The van der Waals surface area contributed by atoms with Crippen molar-refractivity contribution in [2.75, 3.05) is 14.2 Å². The summed E-state index contributed by atoms with van der Waals surface area (Å²) in [5.74, 6) is 1.49. The molecule has 15 heavy (non-hydrogen) atoms. The van der Waals surface area contributed by atoms with E-state index in [1.807, 2.05) is 19.1 Å². The van der Waals surface area contributed by atoms with Gasteiger partial charge < -0.3 is 15.2 Å². The van der Waals surface area contributed by atoms with E-state index in [4.69, 9.17) is 15.2 Å². The average molecular weight is 274 g/mol. The zero-order valence-corrected chi connectivity index (χ0v) is 10.8. The number of ether oxygens (including phenoxy) is 2. The summed E-state index contributed by atoms with van der Waals surface area (Å²) in [6.07, 6.45) is 0.763. The lowest BCUT2D eigenvalue weighted by atomic mass is 10.1. The Morgan fingerprint density at radius 2 is 2.00 bits per heavy atom. The molecule has 4 heteroatoms.